The zero-order chi connectivity index (χ0) is 18.6. The molecule has 1 fully saturated rings. The SMILES string of the molecule is COC[C@@H](c1ccc(C)cc1)N1CCN(C(=O)OC(C)(C)C)C[C@@H]1C. The minimum absolute atomic E-state index is 0.196. The number of hydrogen-bond donors (Lipinski definition) is 0. The lowest BCUT2D eigenvalue weighted by Crippen LogP contribution is -2.55. The highest BCUT2D eigenvalue weighted by atomic mass is 16.6. The summed E-state index contributed by atoms with van der Waals surface area (Å²) in [7, 11) is 1.74. The Balaban J connectivity index is 2.07. The smallest absolute Gasteiger partial charge is 0.410 e. The molecule has 140 valence electrons. The van der Waals surface area contributed by atoms with Gasteiger partial charge in [0.1, 0.15) is 5.60 Å². The normalized spacial score (nSPS) is 20.4. The molecule has 0 radical (unpaired) electrons. The van der Waals surface area contributed by atoms with E-state index in [1.165, 1.54) is 11.1 Å². The van der Waals surface area contributed by atoms with Crippen molar-refractivity contribution in [2.75, 3.05) is 33.4 Å². The Bertz CT molecular complexity index is 565. The molecule has 0 unspecified atom stereocenters. The van der Waals surface area contributed by atoms with Crippen LogP contribution in [0.3, 0.4) is 0 Å². The molecule has 0 saturated carbocycles. The number of benzene rings is 1. The van der Waals surface area contributed by atoms with Crippen LogP contribution in [0.15, 0.2) is 24.3 Å². The van der Waals surface area contributed by atoms with Gasteiger partial charge < -0.3 is 14.4 Å². The quantitative estimate of drug-likeness (QED) is 0.833. The van der Waals surface area contributed by atoms with Crippen molar-refractivity contribution in [3.8, 4) is 0 Å². The van der Waals surface area contributed by atoms with Gasteiger partial charge in [-0.15, -0.1) is 0 Å². The van der Waals surface area contributed by atoms with E-state index in [4.69, 9.17) is 9.47 Å². The third-order valence-corrected chi connectivity index (χ3v) is 4.52. The number of amides is 1. The molecule has 1 amide bonds. The van der Waals surface area contributed by atoms with E-state index in [-0.39, 0.29) is 18.2 Å². The number of nitrogens with zero attached hydrogens (tertiary/aromatic N) is 2. The molecule has 25 heavy (non-hydrogen) atoms. The predicted molar refractivity (Wildman–Crippen MR) is 99.8 cm³/mol. The first-order valence-electron chi connectivity index (χ1n) is 9.00. The van der Waals surface area contributed by atoms with Gasteiger partial charge in [-0.25, -0.2) is 4.79 Å². The molecule has 2 rings (SSSR count). The molecule has 1 saturated heterocycles. The van der Waals surface area contributed by atoms with Crippen LogP contribution in [0.25, 0.3) is 0 Å². The average molecular weight is 348 g/mol. The zero-order valence-corrected chi connectivity index (χ0v) is 16.4. The number of carbonyl (C=O) groups excluding carboxylic acids is 1. The third kappa shape index (κ3) is 5.44. The molecular weight excluding hydrogens is 316 g/mol. The van der Waals surface area contributed by atoms with Crippen molar-refractivity contribution in [1.82, 2.24) is 9.80 Å². The van der Waals surface area contributed by atoms with Gasteiger partial charge in [0, 0.05) is 32.8 Å². The number of ether oxygens (including phenoxy) is 2. The third-order valence-electron chi connectivity index (χ3n) is 4.52. The Morgan fingerprint density at radius 2 is 1.88 bits per heavy atom. The molecule has 1 aliphatic heterocycles. The van der Waals surface area contributed by atoms with Crippen LogP contribution in [0.5, 0.6) is 0 Å². The molecular formula is C20H32N2O3. The van der Waals surface area contributed by atoms with Crippen molar-refractivity contribution >= 4 is 6.09 Å². The number of rotatable bonds is 4. The second-order valence-corrected chi connectivity index (χ2v) is 7.90. The summed E-state index contributed by atoms with van der Waals surface area (Å²) in [5.41, 5.74) is 2.05. The summed E-state index contributed by atoms with van der Waals surface area (Å²) in [6, 6.07) is 9.06. The van der Waals surface area contributed by atoms with E-state index in [1.54, 1.807) is 7.11 Å². The monoisotopic (exact) mass is 348 g/mol. The number of carbonyl (C=O) groups is 1. The van der Waals surface area contributed by atoms with Gasteiger partial charge in [-0.1, -0.05) is 29.8 Å². The van der Waals surface area contributed by atoms with Crippen molar-refractivity contribution < 1.29 is 14.3 Å². The molecule has 0 bridgehead atoms. The molecule has 5 nitrogen and oxygen atoms in total. The van der Waals surface area contributed by atoms with Crippen LogP contribution in [-0.2, 0) is 9.47 Å². The van der Waals surface area contributed by atoms with E-state index >= 15 is 0 Å². The Morgan fingerprint density at radius 3 is 2.40 bits per heavy atom. The van der Waals surface area contributed by atoms with Gasteiger partial charge in [-0.05, 0) is 40.2 Å². The first kappa shape index (κ1) is 19.7. The highest BCUT2D eigenvalue weighted by Crippen LogP contribution is 2.26. The number of piperazine rings is 1. The van der Waals surface area contributed by atoms with E-state index in [9.17, 15) is 4.79 Å². The van der Waals surface area contributed by atoms with Gasteiger partial charge in [0.2, 0.25) is 0 Å². The lowest BCUT2D eigenvalue weighted by Gasteiger charge is -2.44. The maximum atomic E-state index is 12.3. The van der Waals surface area contributed by atoms with Crippen molar-refractivity contribution in [3.05, 3.63) is 35.4 Å². The number of aryl methyl sites for hydroxylation is 1. The van der Waals surface area contributed by atoms with E-state index in [1.807, 2.05) is 25.7 Å². The highest BCUT2D eigenvalue weighted by molar-refractivity contribution is 5.68. The van der Waals surface area contributed by atoms with E-state index in [0.717, 1.165) is 6.54 Å². The first-order valence-corrected chi connectivity index (χ1v) is 9.00. The van der Waals surface area contributed by atoms with Crippen LogP contribution in [0.2, 0.25) is 0 Å². The molecule has 1 aromatic carbocycles. The van der Waals surface area contributed by atoms with Crippen LogP contribution in [0.1, 0.15) is 44.9 Å². The average Bonchev–Trinajstić information content (AvgIpc) is 2.52. The van der Waals surface area contributed by atoms with Crippen molar-refractivity contribution in [2.45, 2.75) is 52.3 Å². The highest BCUT2D eigenvalue weighted by Gasteiger charge is 2.33. The van der Waals surface area contributed by atoms with Crippen LogP contribution in [0, 0.1) is 6.92 Å². The van der Waals surface area contributed by atoms with Crippen LogP contribution >= 0.6 is 0 Å². The van der Waals surface area contributed by atoms with Crippen molar-refractivity contribution in [1.29, 1.82) is 0 Å². The van der Waals surface area contributed by atoms with Gasteiger partial charge in [-0.2, -0.15) is 0 Å². The zero-order valence-electron chi connectivity index (χ0n) is 16.4. The largest absolute Gasteiger partial charge is 0.444 e. The molecule has 1 aromatic rings. The second kappa shape index (κ2) is 8.19. The summed E-state index contributed by atoms with van der Waals surface area (Å²) in [5.74, 6) is 0. The fraction of sp³-hybridized carbons (Fsp3) is 0.650. The summed E-state index contributed by atoms with van der Waals surface area (Å²) in [5, 5.41) is 0. The fourth-order valence-electron chi connectivity index (χ4n) is 3.26. The fourth-order valence-corrected chi connectivity index (χ4v) is 3.26. The summed E-state index contributed by atoms with van der Waals surface area (Å²) >= 11 is 0. The number of hydrogen-bond acceptors (Lipinski definition) is 4. The van der Waals surface area contributed by atoms with Gasteiger partial charge in [0.05, 0.1) is 12.6 Å². The molecule has 5 heteroatoms. The van der Waals surface area contributed by atoms with E-state index in [2.05, 4.69) is 43.0 Å². The maximum absolute atomic E-state index is 12.3. The summed E-state index contributed by atoms with van der Waals surface area (Å²) < 4.78 is 11.0. The Morgan fingerprint density at radius 1 is 1.24 bits per heavy atom. The molecule has 0 spiro atoms. The van der Waals surface area contributed by atoms with Crippen molar-refractivity contribution in [2.24, 2.45) is 0 Å². The number of methoxy groups -OCH3 is 1. The molecule has 0 aromatic heterocycles. The molecule has 0 N–H and O–H groups in total. The van der Waals surface area contributed by atoms with Crippen LogP contribution in [0.4, 0.5) is 4.79 Å². The Hall–Kier alpha value is -1.59. The van der Waals surface area contributed by atoms with Gasteiger partial charge in [0.15, 0.2) is 0 Å². The molecule has 1 heterocycles. The predicted octanol–water partition coefficient (Wildman–Crippen LogP) is 3.62. The Kier molecular flexibility index (Phi) is 6.47. The minimum atomic E-state index is -0.460. The Labute approximate surface area is 151 Å². The summed E-state index contributed by atoms with van der Waals surface area (Å²) in [6.45, 7) is 12.7. The molecule has 1 aliphatic rings. The topological polar surface area (TPSA) is 42.0 Å². The van der Waals surface area contributed by atoms with Crippen LogP contribution in [-0.4, -0.2) is 60.9 Å². The second-order valence-electron chi connectivity index (χ2n) is 7.90. The molecule has 2 atom stereocenters. The maximum Gasteiger partial charge on any atom is 0.410 e. The lowest BCUT2D eigenvalue weighted by atomic mass is 10.0. The van der Waals surface area contributed by atoms with Crippen LogP contribution < -0.4 is 0 Å². The minimum Gasteiger partial charge on any atom is -0.444 e. The van der Waals surface area contributed by atoms with Crippen molar-refractivity contribution in [3.63, 3.8) is 0 Å². The summed E-state index contributed by atoms with van der Waals surface area (Å²) in [4.78, 5) is 16.6. The van der Waals surface area contributed by atoms with Gasteiger partial charge in [-0.3, -0.25) is 4.90 Å². The standard InChI is InChI=1S/C20H32N2O3/c1-15-7-9-17(10-8-15)18(14-24-6)22-12-11-21(13-16(22)2)19(23)25-20(3,4)5/h7-10,16,18H,11-14H2,1-6H3/t16-,18-/m0/s1. The molecule has 0 aliphatic carbocycles. The first-order chi connectivity index (χ1) is 11.7. The van der Waals surface area contributed by atoms with E-state index < -0.39 is 5.60 Å². The van der Waals surface area contributed by atoms with Gasteiger partial charge in [0.25, 0.3) is 0 Å². The van der Waals surface area contributed by atoms with Gasteiger partial charge >= 0.3 is 6.09 Å². The lowest BCUT2D eigenvalue weighted by molar-refractivity contribution is -0.0121. The summed E-state index contributed by atoms with van der Waals surface area (Å²) in [6.07, 6.45) is -0.224. The van der Waals surface area contributed by atoms with E-state index in [0.29, 0.717) is 19.7 Å².